The predicted octanol–water partition coefficient (Wildman–Crippen LogP) is 7.83. The smallest absolute Gasteiger partial charge is 0.165 e. The highest BCUT2D eigenvalue weighted by molar-refractivity contribution is 6.88. The van der Waals surface area contributed by atoms with E-state index in [0.717, 1.165) is 55.9 Å². The van der Waals surface area contributed by atoms with Gasteiger partial charge in [-0.2, -0.15) is 0 Å². The molecule has 0 fully saturated rings. The molecule has 0 bridgehead atoms. The Balaban J connectivity index is 1.67. The molecule has 36 heavy (non-hydrogen) atoms. The fourth-order valence-corrected chi connectivity index (χ4v) is 5.97. The molecule has 0 aliphatic carbocycles. The van der Waals surface area contributed by atoms with Gasteiger partial charge >= 0.3 is 0 Å². The zero-order chi connectivity index (χ0) is 25.2. The summed E-state index contributed by atoms with van der Waals surface area (Å²) in [5, 5.41) is 3.65. The summed E-state index contributed by atoms with van der Waals surface area (Å²) in [6, 6.07) is 27.6. The van der Waals surface area contributed by atoms with Gasteiger partial charge in [-0.15, -0.1) is 0 Å². The fraction of sp³-hybridized carbons (Fsp3) is 0.226. The first-order valence-electron chi connectivity index (χ1n) is 12.5. The van der Waals surface area contributed by atoms with Crippen LogP contribution in [0.25, 0.3) is 50.2 Å². The zero-order valence-corrected chi connectivity index (χ0v) is 22.8. The Morgan fingerprint density at radius 1 is 0.778 bits per heavy atom. The summed E-state index contributed by atoms with van der Waals surface area (Å²) in [7, 11) is -1.46. The van der Waals surface area contributed by atoms with E-state index in [9.17, 15) is 0 Å². The topological polar surface area (TPSA) is 43.9 Å². The third kappa shape index (κ3) is 3.66. The Morgan fingerprint density at radius 3 is 2.28 bits per heavy atom. The molecule has 0 radical (unpaired) electrons. The highest BCUT2D eigenvalue weighted by Gasteiger charge is 2.24. The first kappa shape index (κ1) is 22.7. The van der Waals surface area contributed by atoms with Gasteiger partial charge in [0.15, 0.2) is 11.5 Å². The predicted molar refractivity (Wildman–Crippen MR) is 153 cm³/mol. The fourth-order valence-electron chi connectivity index (χ4n) is 4.82. The molecule has 0 spiro atoms. The van der Waals surface area contributed by atoms with Gasteiger partial charge in [-0.1, -0.05) is 88.1 Å². The van der Waals surface area contributed by atoms with Gasteiger partial charge in [-0.05, 0) is 36.4 Å². The molecule has 0 saturated heterocycles. The van der Waals surface area contributed by atoms with Crippen LogP contribution in [0, 0.1) is 0 Å². The molecular formula is C31H31N3OSi. The lowest BCUT2D eigenvalue weighted by molar-refractivity contribution is 0.571. The van der Waals surface area contributed by atoms with Crippen molar-refractivity contribution in [2.24, 2.45) is 0 Å². The van der Waals surface area contributed by atoms with Crippen LogP contribution in [0.15, 0.2) is 83.3 Å². The number of rotatable bonds is 3. The Bertz CT molecular complexity index is 1750. The van der Waals surface area contributed by atoms with Crippen molar-refractivity contribution in [1.82, 2.24) is 14.5 Å². The van der Waals surface area contributed by atoms with Crippen LogP contribution in [0.5, 0.6) is 0 Å². The van der Waals surface area contributed by atoms with Gasteiger partial charge in [0.05, 0.1) is 13.6 Å². The van der Waals surface area contributed by atoms with E-state index in [0.29, 0.717) is 0 Å². The number of aromatic nitrogens is 3. The third-order valence-electron chi connectivity index (χ3n) is 6.89. The van der Waals surface area contributed by atoms with Gasteiger partial charge in [-0.3, -0.25) is 4.57 Å². The van der Waals surface area contributed by atoms with Crippen LogP contribution in [-0.4, -0.2) is 22.6 Å². The van der Waals surface area contributed by atoms with Crippen LogP contribution in [-0.2, 0) is 5.41 Å². The molecule has 5 heteroatoms. The van der Waals surface area contributed by atoms with Crippen LogP contribution in [0.2, 0.25) is 19.6 Å². The van der Waals surface area contributed by atoms with Crippen LogP contribution in [0.4, 0.5) is 0 Å². The lowest BCUT2D eigenvalue weighted by Crippen LogP contribution is -2.37. The maximum atomic E-state index is 6.59. The van der Waals surface area contributed by atoms with E-state index in [1.54, 1.807) is 0 Å². The van der Waals surface area contributed by atoms with Gasteiger partial charge in [0.2, 0.25) is 0 Å². The number of para-hydroxylation sites is 2. The second-order valence-electron chi connectivity index (χ2n) is 11.6. The third-order valence-corrected chi connectivity index (χ3v) is 8.94. The molecular weight excluding hydrogens is 458 g/mol. The average molecular weight is 490 g/mol. The molecule has 0 atom stereocenters. The maximum Gasteiger partial charge on any atom is 0.165 e. The van der Waals surface area contributed by atoms with Crippen LogP contribution >= 0.6 is 0 Å². The number of hydrogen-bond donors (Lipinski definition) is 0. The highest BCUT2D eigenvalue weighted by atomic mass is 28.3. The molecule has 6 aromatic rings. The van der Waals surface area contributed by atoms with E-state index in [1.165, 1.54) is 5.19 Å². The van der Waals surface area contributed by atoms with Crippen LogP contribution in [0.3, 0.4) is 0 Å². The standard InChI is InChI=1S/C31H31N3OSi/c1-31(2,3)27-18-17-25-30(33-27)34(20-11-8-7-9-12-20)29(32-25)24-14-10-13-23-22-16-15-21(36(4,5)6)19-26(22)35-28(23)24/h7-19H,1-6H3. The number of benzene rings is 3. The minimum Gasteiger partial charge on any atom is -0.455 e. The van der Waals surface area contributed by atoms with E-state index in [2.05, 4.69) is 118 Å². The normalized spacial score (nSPS) is 12.7. The quantitative estimate of drug-likeness (QED) is 0.238. The van der Waals surface area contributed by atoms with E-state index >= 15 is 0 Å². The second-order valence-corrected chi connectivity index (χ2v) is 16.7. The largest absolute Gasteiger partial charge is 0.455 e. The summed E-state index contributed by atoms with van der Waals surface area (Å²) < 4.78 is 8.75. The van der Waals surface area contributed by atoms with Crippen molar-refractivity contribution in [3.05, 3.63) is 84.6 Å². The summed E-state index contributed by atoms with van der Waals surface area (Å²) >= 11 is 0. The molecule has 3 heterocycles. The molecule has 180 valence electrons. The Kier molecular flexibility index (Phi) is 4.99. The molecule has 0 unspecified atom stereocenters. The number of nitrogens with zero attached hydrogens (tertiary/aromatic N) is 3. The Morgan fingerprint density at radius 2 is 1.56 bits per heavy atom. The van der Waals surface area contributed by atoms with Gasteiger partial charge in [-0.25, -0.2) is 9.97 Å². The Hall–Kier alpha value is -3.70. The van der Waals surface area contributed by atoms with Gasteiger partial charge in [0.1, 0.15) is 16.7 Å². The SMILES string of the molecule is CC(C)(C)c1ccc2nc(-c3cccc4c3oc3cc([Si](C)(C)C)ccc34)n(-c3ccccc3)c2n1. The lowest BCUT2D eigenvalue weighted by atomic mass is 9.92. The highest BCUT2D eigenvalue weighted by Crippen LogP contribution is 2.37. The van der Waals surface area contributed by atoms with Crippen molar-refractivity contribution >= 4 is 46.4 Å². The van der Waals surface area contributed by atoms with Crippen LogP contribution in [0.1, 0.15) is 26.5 Å². The van der Waals surface area contributed by atoms with E-state index < -0.39 is 8.07 Å². The van der Waals surface area contributed by atoms with E-state index in [-0.39, 0.29) is 5.41 Å². The summed E-state index contributed by atoms with van der Waals surface area (Å²) in [4.78, 5) is 10.2. The van der Waals surface area contributed by atoms with Crippen molar-refractivity contribution in [1.29, 1.82) is 0 Å². The first-order chi connectivity index (χ1) is 17.1. The van der Waals surface area contributed by atoms with Crippen LogP contribution < -0.4 is 5.19 Å². The maximum absolute atomic E-state index is 6.59. The molecule has 3 aromatic heterocycles. The molecule has 0 aliphatic rings. The van der Waals surface area contributed by atoms with Crippen molar-refractivity contribution in [2.75, 3.05) is 0 Å². The Labute approximate surface area is 212 Å². The monoisotopic (exact) mass is 489 g/mol. The minimum absolute atomic E-state index is 0.0625. The number of furan rings is 1. The molecule has 6 rings (SSSR count). The number of imidazole rings is 1. The summed E-state index contributed by atoms with van der Waals surface area (Å²) in [5.41, 5.74) is 6.51. The van der Waals surface area contributed by atoms with Gasteiger partial charge in [0, 0.05) is 27.6 Å². The number of hydrogen-bond acceptors (Lipinski definition) is 3. The van der Waals surface area contributed by atoms with Gasteiger partial charge in [0.25, 0.3) is 0 Å². The van der Waals surface area contributed by atoms with Crippen molar-refractivity contribution in [3.8, 4) is 17.1 Å². The second kappa shape index (κ2) is 7.90. The number of fused-ring (bicyclic) bond motifs is 4. The molecule has 4 nitrogen and oxygen atoms in total. The summed E-state index contributed by atoms with van der Waals surface area (Å²) in [5.74, 6) is 0.838. The molecule has 0 aliphatic heterocycles. The first-order valence-corrected chi connectivity index (χ1v) is 16.0. The van der Waals surface area contributed by atoms with Crippen molar-refractivity contribution in [2.45, 2.75) is 45.8 Å². The molecule has 0 amide bonds. The molecule has 0 N–H and O–H groups in total. The average Bonchev–Trinajstić information content (AvgIpc) is 3.41. The van der Waals surface area contributed by atoms with Gasteiger partial charge < -0.3 is 4.42 Å². The molecule has 3 aromatic carbocycles. The minimum atomic E-state index is -1.46. The van der Waals surface area contributed by atoms with E-state index in [1.807, 2.05) is 6.07 Å². The molecule has 0 saturated carbocycles. The van der Waals surface area contributed by atoms with E-state index in [4.69, 9.17) is 14.4 Å². The van der Waals surface area contributed by atoms with Crippen molar-refractivity contribution in [3.63, 3.8) is 0 Å². The summed E-state index contributed by atoms with van der Waals surface area (Å²) in [6.07, 6.45) is 0. The number of pyridine rings is 1. The lowest BCUT2D eigenvalue weighted by Gasteiger charge is -2.17. The summed E-state index contributed by atoms with van der Waals surface area (Å²) in [6.45, 7) is 13.7. The zero-order valence-electron chi connectivity index (χ0n) is 21.8. The van der Waals surface area contributed by atoms with Crippen molar-refractivity contribution < 1.29 is 4.42 Å².